The Labute approximate surface area is 193 Å². The van der Waals surface area contributed by atoms with E-state index in [1.165, 1.54) is 5.38 Å². The minimum atomic E-state index is -1.42. The Hall–Kier alpha value is -3.76. The zero-order valence-corrected chi connectivity index (χ0v) is 18.2. The lowest BCUT2D eigenvalue weighted by Crippen LogP contribution is -2.43. The van der Waals surface area contributed by atoms with Crippen LogP contribution in [0.5, 0.6) is 0 Å². The average molecular weight is 468 g/mol. The highest BCUT2D eigenvalue weighted by Gasteiger charge is 2.29. The first-order chi connectivity index (χ1) is 16.0. The molecule has 4 rings (SSSR count). The number of rotatable bonds is 8. The molecule has 170 valence electrons. The van der Waals surface area contributed by atoms with Crippen LogP contribution in [0.3, 0.4) is 0 Å². The number of hydrogen-bond donors (Lipinski definition) is 4. The maximum absolute atomic E-state index is 12.3. The van der Waals surface area contributed by atoms with Crippen LogP contribution in [-0.4, -0.2) is 52.4 Å². The molecule has 2 aromatic carbocycles. The highest BCUT2D eigenvalue weighted by atomic mass is 32.1. The Morgan fingerprint density at radius 1 is 1.06 bits per heavy atom. The van der Waals surface area contributed by atoms with E-state index in [1.807, 2.05) is 36.4 Å². The van der Waals surface area contributed by atoms with Crippen LogP contribution in [0.1, 0.15) is 32.5 Å². The summed E-state index contributed by atoms with van der Waals surface area (Å²) in [6.07, 6.45) is -0.607. The molecular formula is C23H21N3O6S. The van der Waals surface area contributed by atoms with Crippen molar-refractivity contribution in [3.05, 3.63) is 75.7 Å². The van der Waals surface area contributed by atoms with Crippen molar-refractivity contribution in [3.8, 4) is 11.1 Å². The molecule has 0 fully saturated rings. The third-order valence-electron chi connectivity index (χ3n) is 5.30. The van der Waals surface area contributed by atoms with Gasteiger partial charge in [-0.2, -0.15) is 0 Å². The van der Waals surface area contributed by atoms with Gasteiger partial charge in [0.15, 0.2) is 6.04 Å². The number of ether oxygens (including phenoxy) is 1. The van der Waals surface area contributed by atoms with E-state index in [9.17, 15) is 14.4 Å². The number of aromatic nitrogens is 1. The Morgan fingerprint density at radius 2 is 1.70 bits per heavy atom. The van der Waals surface area contributed by atoms with E-state index in [0.29, 0.717) is 5.01 Å². The smallest absolute Gasteiger partial charge is 0.407 e. The Bertz CT molecular complexity index is 1150. The summed E-state index contributed by atoms with van der Waals surface area (Å²) in [6, 6.07) is 14.7. The molecule has 1 aromatic heterocycles. The number of carbonyl (C=O) groups is 3. The lowest BCUT2D eigenvalue weighted by atomic mass is 9.98. The number of aliphatic hydroxyl groups excluding tert-OH is 1. The van der Waals surface area contributed by atoms with Crippen molar-refractivity contribution in [1.82, 2.24) is 15.6 Å². The summed E-state index contributed by atoms with van der Waals surface area (Å²) in [5.41, 5.74) is 4.52. The van der Waals surface area contributed by atoms with Gasteiger partial charge in [0, 0.05) is 11.3 Å². The fraction of sp³-hybridized carbons (Fsp3) is 0.217. The average Bonchev–Trinajstić information content (AvgIpc) is 3.42. The number of aliphatic carboxylic acids is 1. The maximum atomic E-state index is 12.3. The normalized spacial score (nSPS) is 13.0. The van der Waals surface area contributed by atoms with Crippen molar-refractivity contribution in [2.24, 2.45) is 0 Å². The number of benzene rings is 2. The molecule has 3 aromatic rings. The molecule has 1 aliphatic rings. The molecule has 1 aliphatic carbocycles. The second kappa shape index (κ2) is 9.80. The number of nitrogens with zero attached hydrogens (tertiary/aromatic N) is 1. The minimum absolute atomic E-state index is 0.00374. The van der Waals surface area contributed by atoms with Crippen molar-refractivity contribution in [3.63, 3.8) is 0 Å². The van der Waals surface area contributed by atoms with Crippen molar-refractivity contribution in [2.45, 2.75) is 18.5 Å². The van der Waals surface area contributed by atoms with E-state index in [1.54, 1.807) is 0 Å². The second-order valence-corrected chi connectivity index (χ2v) is 8.30. The molecule has 2 amide bonds. The van der Waals surface area contributed by atoms with Gasteiger partial charge in [-0.1, -0.05) is 48.5 Å². The van der Waals surface area contributed by atoms with Gasteiger partial charge in [-0.05, 0) is 22.3 Å². The Morgan fingerprint density at radius 3 is 2.30 bits per heavy atom. The molecule has 0 radical (unpaired) electrons. The van der Waals surface area contributed by atoms with E-state index in [4.69, 9.17) is 14.9 Å². The lowest BCUT2D eigenvalue weighted by molar-refractivity contribution is -0.140. The second-order valence-electron chi connectivity index (χ2n) is 7.35. The summed E-state index contributed by atoms with van der Waals surface area (Å²) in [7, 11) is 0. The summed E-state index contributed by atoms with van der Waals surface area (Å²) in [6.45, 7) is -0.499. The van der Waals surface area contributed by atoms with Crippen LogP contribution < -0.4 is 10.6 Å². The first-order valence-electron chi connectivity index (χ1n) is 10.2. The van der Waals surface area contributed by atoms with E-state index < -0.39 is 30.6 Å². The Kier molecular flexibility index (Phi) is 6.66. The van der Waals surface area contributed by atoms with Crippen LogP contribution in [0.4, 0.5) is 4.79 Å². The van der Waals surface area contributed by atoms with Gasteiger partial charge in [0.05, 0.1) is 13.2 Å². The van der Waals surface area contributed by atoms with Gasteiger partial charge in [0.25, 0.3) is 5.91 Å². The highest BCUT2D eigenvalue weighted by Crippen LogP contribution is 2.44. The molecule has 10 heteroatoms. The standard InChI is InChI=1S/C23H21N3O6S/c27-10-18(22(29)30)26-21(28)19-12-33-20(25-19)9-24-23(31)32-11-17-15-7-3-1-5-13(15)14-6-2-4-8-16(14)17/h1-8,12,17-18,27H,9-11H2,(H,24,31)(H,26,28)(H,29,30)/t18-/m0/s1. The van der Waals surface area contributed by atoms with Crippen LogP contribution in [0.15, 0.2) is 53.9 Å². The van der Waals surface area contributed by atoms with Crippen molar-refractivity contribution in [2.75, 3.05) is 13.2 Å². The molecule has 1 atom stereocenters. The molecule has 0 bridgehead atoms. The van der Waals surface area contributed by atoms with Crippen molar-refractivity contribution < 1.29 is 29.3 Å². The molecule has 33 heavy (non-hydrogen) atoms. The number of fused-ring (bicyclic) bond motifs is 3. The van der Waals surface area contributed by atoms with E-state index in [2.05, 4.69) is 27.8 Å². The topological polar surface area (TPSA) is 138 Å². The van der Waals surface area contributed by atoms with Crippen LogP contribution in [0.25, 0.3) is 11.1 Å². The minimum Gasteiger partial charge on any atom is -0.480 e. The molecule has 0 aliphatic heterocycles. The van der Waals surface area contributed by atoms with Crippen LogP contribution >= 0.6 is 11.3 Å². The number of amides is 2. The van der Waals surface area contributed by atoms with Gasteiger partial charge in [-0.25, -0.2) is 14.6 Å². The van der Waals surface area contributed by atoms with Gasteiger partial charge in [0.1, 0.15) is 17.3 Å². The summed E-state index contributed by atoms with van der Waals surface area (Å²) in [5, 5.41) is 24.6. The van der Waals surface area contributed by atoms with Gasteiger partial charge < -0.3 is 25.6 Å². The van der Waals surface area contributed by atoms with Crippen LogP contribution in [0.2, 0.25) is 0 Å². The first-order valence-corrected chi connectivity index (χ1v) is 11.0. The molecule has 0 unspecified atom stereocenters. The summed E-state index contributed by atoms with van der Waals surface area (Å²) in [5.74, 6) is -2.12. The summed E-state index contributed by atoms with van der Waals surface area (Å²) in [4.78, 5) is 39.3. The molecule has 1 heterocycles. The number of alkyl carbamates (subject to hydrolysis) is 1. The molecule has 4 N–H and O–H groups in total. The lowest BCUT2D eigenvalue weighted by Gasteiger charge is -2.14. The van der Waals surface area contributed by atoms with Gasteiger partial charge in [-0.3, -0.25) is 4.79 Å². The van der Waals surface area contributed by atoms with E-state index >= 15 is 0 Å². The quantitative estimate of drug-likeness (QED) is 0.399. The van der Waals surface area contributed by atoms with Crippen molar-refractivity contribution in [1.29, 1.82) is 0 Å². The molecule has 0 saturated carbocycles. The zero-order chi connectivity index (χ0) is 23.4. The number of carbonyl (C=O) groups excluding carboxylic acids is 2. The van der Waals surface area contributed by atoms with Gasteiger partial charge in [-0.15, -0.1) is 11.3 Å². The molecule has 9 nitrogen and oxygen atoms in total. The van der Waals surface area contributed by atoms with E-state index in [0.717, 1.165) is 33.6 Å². The van der Waals surface area contributed by atoms with E-state index in [-0.39, 0.29) is 24.8 Å². The Balaban J connectivity index is 1.31. The number of carboxylic acids is 1. The van der Waals surface area contributed by atoms with Gasteiger partial charge >= 0.3 is 12.1 Å². The SMILES string of the molecule is O=C(NCc1nc(C(=O)N[C@@H](CO)C(=O)O)cs1)OCC1c2ccccc2-c2ccccc21. The van der Waals surface area contributed by atoms with Gasteiger partial charge in [0.2, 0.25) is 0 Å². The predicted octanol–water partition coefficient (Wildman–Crippen LogP) is 2.36. The third-order valence-corrected chi connectivity index (χ3v) is 6.15. The summed E-state index contributed by atoms with van der Waals surface area (Å²) < 4.78 is 5.46. The molecular weight excluding hydrogens is 446 g/mol. The number of thiazole rings is 1. The maximum Gasteiger partial charge on any atom is 0.407 e. The van der Waals surface area contributed by atoms with Crippen LogP contribution in [-0.2, 0) is 16.1 Å². The van der Waals surface area contributed by atoms with Crippen LogP contribution in [0, 0.1) is 0 Å². The van der Waals surface area contributed by atoms with Crippen molar-refractivity contribution >= 4 is 29.3 Å². The fourth-order valence-corrected chi connectivity index (χ4v) is 4.43. The largest absolute Gasteiger partial charge is 0.480 e. The summed E-state index contributed by atoms with van der Waals surface area (Å²) >= 11 is 1.14. The number of hydrogen-bond acceptors (Lipinski definition) is 7. The zero-order valence-electron chi connectivity index (χ0n) is 17.4. The third kappa shape index (κ3) is 4.86. The molecule has 0 spiro atoms. The first kappa shape index (κ1) is 22.4. The highest BCUT2D eigenvalue weighted by molar-refractivity contribution is 7.09. The number of nitrogens with one attached hydrogen (secondary N) is 2. The number of aliphatic hydroxyl groups is 1. The predicted molar refractivity (Wildman–Crippen MR) is 120 cm³/mol. The molecule has 0 saturated heterocycles. The fourth-order valence-electron chi connectivity index (χ4n) is 3.71. The number of carboxylic acid groups (broad SMARTS) is 1. The monoisotopic (exact) mass is 467 g/mol.